The third-order valence-electron chi connectivity index (χ3n) is 2.86. The van der Waals surface area contributed by atoms with Crippen molar-refractivity contribution in [3.8, 4) is 0 Å². The van der Waals surface area contributed by atoms with E-state index >= 15 is 0 Å². The molecule has 1 aliphatic rings. The third-order valence-corrected chi connectivity index (χ3v) is 2.86. The molecule has 0 aliphatic carbocycles. The van der Waals surface area contributed by atoms with E-state index in [-0.39, 0.29) is 18.1 Å². The molecule has 1 atom stereocenters. The second-order valence-corrected chi connectivity index (χ2v) is 4.07. The van der Waals surface area contributed by atoms with Crippen LogP contribution in [0.5, 0.6) is 0 Å². The molecule has 1 amide bonds. The van der Waals surface area contributed by atoms with Crippen molar-refractivity contribution in [3.05, 3.63) is 30.1 Å². The normalized spacial score (nSPS) is 19.5. The second-order valence-electron chi connectivity index (χ2n) is 4.07. The predicted molar refractivity (Wildman–Crippen MR) is 62.8 cm³/mol. The molecular weight excluding hydrogens is 239 g/mol. The lowest BCUT2D eigenvalue weighted by atomic mass is 10.1. The van der Waals surface area contributed by atoms with Crippen molar-refractivity contribution >= 4 is 17.6 Å². The number of anilines is 1. The van der Waals surface area contributed by atoms with E-state index in [1.807, 2.05) is 0 Å². The highest BCUT2D eigenvalue weighted by molar-refractivity contribution is 5.90. The Kier molecular flexibility index (Phi) is 3.45. The third kappa shape index (κ3) is 2.58. The zero-order valence-corrected chi connectivity index (χ0v) is 9.60. The Labute approximate surface area is 103 Å². The second kappa shape index (κ2) is 5.03. The van der Waals surface area contributed by atoms with Crippen molar-refractivity contribution in [2.75, 3.05) is 18.0 Å². The van der Waals surface area contributed by atoms with Gasteiger partial charge in [-0.2, -0.15) is 0 Å². The number of nitrogens with one attached hydrogen (secondary N) is 1. The number of nitrogens with zero attached hydrogens (tertiary/aromatic N) is 1. The highest BCUT2D eigenvalue weighted by Crippen LogP contribution is 2.20. The van der Waals surface area contributed by atoms with Gasteiger partial charge >= 0.3 is 5.97 Å². The molecule has 2 rings (SSSR count). The molecule has 1 saturated heterocycles. The van der Waals surface area contributed by atoms with Gasteiger partial charge in [-0.1, -0.05) is 0 Å². The van der Waals surface area contributed by atoms with Crippen LogP contribution in [0.15, 0.2) is 24.3 Å². The van der Waals surface area contributed by atoms with Crippen molar-refractivity contribution in [1.82, 2.24) is 5.32 Å². The first-order chi connectivity index (χ1) is 8.58. The zero-order valence-electron chi connectivity index (χ0n) is 9.60. The topological polar surface area (TPSA) is 69.6 Å². The molecule has 96 valence electrons. The van der Waals surface area contributed by atoms with Gasteiger partial charge in [0.15, 0.2) is 0 Å². The number of amides is 1. The number of aliphatic carboxylic acids is 1. The minimum atomic E-state index is -1.04. The molecule has 1 heterocycles. The standard InChI is InChI=1S/C12H13FN2O3/c13-8-1-3-9(4-2-8)15-6-5-14-12(18)10(15)7-11(16)17/h1-4,10H,5-7H2,(H,14,18)(H,16,17). The molecule has 18 heavy (non-hydrogen) atoms. The van der Waals surface area contributed by atoms with Crippen LogP contribution in [-0.2, 0) is 9.59 Å². The van der Waals surface area contributed by atoms with Crippen LogP contribution >= 0.6 is 0 Å². The fourth-order valence-electron chi connectivity index (χ4n) is 2.02. The maximum absolute atomic E-state index is 12.8. The highest BCUT2D eigenvalue weighted by atomic mass is 19.1. The first kappa shape index (κ1) is 12.3. The van der Waals surface area contributed by atoms with Crippen molar-refractivity contribution in [3.63, 3.8) is 0 Å². The summed E-state index contributed by atoms with van der Waals surface area (Å²) in [6, 6.07) is 4.92. The fraction of sp³-hybridized carbons (Fsp3) is 0.333. The first-order valence-electron chi connectivity index (χ1n) is 5.59. The highest BCUT2D eigenvalue weighted by Gasteiger charge is 2.31. The van der Waals surface area contributed by atoms with Gasteiger partial charge in [0, 0.05) is 18.8 Å². The molecule has 1 aliphatic heterocycles. The molecule has 0 saturated carbocycles. The van der Waals surface area contributed by atoms with Crippen LogP contribution in [0.1, 0.15) is 6.42 Å². The number of carboxylic acids is 1. The van der Waals surface area contributed by atoms with Gasteiger partial charge in [0.25, 0.3) is 0 Å². The SMILES string of the molecule is O=C(O)CC1C(=O)NCCN1c1ccc(F)cc1. The largest absolute Gasteiger partial charge is 0.481 e. The Morgan fingerprint density at radius 3 is 2.72 bits per heavy atom. The van der Waals surface area contributed by atoms with Crippen LogP contribution in [0.4, 0.5) is 10.1 Å². The van der Waals surface area contributed by atoms with E-state index < -0.39 is 12.0 Å². The van der Waals surface area contributed by atoms with E-state index in [1.54, 1.807) is 17.0 Å². The Morgan fingerprint density at radius 1 is 1.44 bits per heavy atom. The number of benzene rings is 1. The summed E-state index contributed by atoms with van der Waals surface area (Å²) in [7, 11) is 0. The number of carbonyl (C=O) groups excluding carboxylic acids is 1. The summed E-state index contributed by atoms with van der Waals surface area (Å²) in [5.41, 5.74) is 0.650. The van der Waals surface area contributed by atoms with E-state index in [0.29, 0.717) is 18.8 Å². The Morgan fingerprint density at radius 2 is 2.11 bits per heavy atom. The minimum absolute atomic E-state index is 0.275. The summed E-state index contributed by atoms with van der Waals surface area (Å²) in [5.74, 6) is -1.72. The number of carbonyl (C=O) groups is 2. The lowest BCUT2D eigenvalue weighted by Gasteiger charge is -2.36. The quantitative estimate of drug-likeness (QED) is 0.826. The number of piperazine rings is 1. The van der Waals surface area contributed by atoms with Gasteiger partial charge in [-0.25, -0.2) is 4.39 Å². The fourth-order valence-corrected chi connectivity index (χ4v) is 2.02. The van der Waals surface area contributed by atoms with Crippen LogP contribution in [0, 0.1) is 5.82 Å². The predicted octanol–water partition coefficient (Wildman–Crippen LogP) is 0.605. The van der Waals surface area contributed by atoms with Gasteiger partial charge in [-0.05, 0) is 24.3 Å². The summed E-state index contributed by atoms with van der Waals surface area (Å²) in [6.07, 6.45) is -0.275. The van der Waals surface area contributed by atoms with Crippen LogP contribution in [0.25, 0.3) is 0 Å². The van der Waals surface area contributed by atoms with Crippen LogP contribution in [0.2, 0.25) is 0 Å². The van der Waals surface area contributed by atoms with Crippen molar-refractivity contribution in [1.29, 1.82) is 0 Å². The molecule has 1 fully saturated rings. The molecule has 0 spiro atoms. The van der Waals surface area contributed by atoms with Gasteiger partial charge in [0.1, 0.15) is 11.9 Å². The average molecular weight is 252 g/mol. The molecule has 0 radical (unpaired) electrons. The number of hydrogen-bond donors (Lipinski definition) is 2. The van der Waals surface area contributed by atoms with Crippen LogP contribution in [-0.4, -0.2) is 36.1 Å². The van der Waals surface area contributed by atoms with E-state index in [2.05, 4.69) is 5.32 Å². The van der Waals surface area contributed by atoms with Crippen molar-refractivity contribution in [2.45, 2.75) is 12.5 Å². The smallest absolute Gasteiger partial charge is 0.305 e. The molecule has 2 N–H and O–H groups in total. The minimum Gasteiger partial charge on any atom is -0.481 e. The summed E-state index contributed by atoms with van der Waals surface area (Å²) in [6.45, 7) is 0.960. The summed E-state index contributed by atoms with van der Waals surface area (Å²) >= 11 is 0. The summed E-state index contributed by atoms with van der Waals surface area (Å²) in [4.78, 5) is 24.2. The van der Waals surface area contributed by atoms with Crippen LogP contribution < -0.4 is 10.2 Å². The van der Waals surface area contributed by atoms with Gasteiger partial charge in [0.2, 0.25) is 5.91 Å². The van der Waals surface area contributed by atoms with Crippen molar-refractivity contribution in [2.24, 2.45) is 0 Å². The van der Waals surface area contributed by atoms with Gasteiger partial charge in [-0.15, -0.1) is 0 Å². The van der Waals surface area contributed by atoms with E-state index in [0.717, 1.165) is 0 Å². The maximum atomic E-state index is 12.8. The average Bonchev–Trinajstić information content (AvgIpc) is 2.32. The molecule has 1 aromatic rings. The number of hydrogen-bond acceptors (Lipinski definition) is 3. The number of carboxylic acid groups (broad SMARTS) is 1. The number of halogens is 1. The first-order valence-corrected chi connectivity index (χ1v) is 5.59. The summed E-state index contributed by atoms with van der Waals surface area (Å²) < 4.78 is 12.8. The molecule has 1 unspecified atom stereocenters. The van der Waals surface area contributed by atoms with Gasteiger partial charge in [0.05, 0.1) is 6.42 Å². The molecule has 0 aromatic heterocycles. The Hall–Kier alpha value is -2.11. The van der Waals surface area contributed by atoms with E-state index in [4.69, 9.17) is 5.11 Å². The lowest BCUT2D eigenvalue weighted by molar-refractivity contribution is -0.139. The molecule has 5 nitrogen and oxygen atoms in total. The Bertz CT molecular complexity index is 461. The number of rotatable bonds is 3. The van der Waals surface area contributed by atoms with Crippen molar-refractivity contribution < 1.29 is 19.1 Å². The van der Waals surface area contributed by atoms with Gasteiger partial charge < -0.3 is 15.3 Å². The lowest BCUT2D eigenvalue weighted by Crippen LogP contribution is -2.56. The molecular formula is C12H13FN2O3. The van der Waals surface area contributed by atoms with Crippen LogP contribution in [0.3, 0.4) is 0 Å². The molecule has 1 aromatic carbocycles. The van der Waals surface area contributed by atoms with Gasteiger partial charge in [-0.3, -0.25) is 9.59 Å². The van der Waals surface area contributed by atoms with E-state index in [1.165, 1.54) is 12.1 Å². The molecule has 6 heteroatoms. The Balaban J connectivity index is 2.24. The van der Waals surface area contributed by atoms with E-state index in [9.17, 15) is 14.0 Å². The maximum Gasteiger partial charge on any atom is 0.305 e. The zero-order chi connectivity index (χ0) is 13.1. The monoisotopic (exact) mass is 252 g/mol. The molecule has 0 bridgehead atoms. The summed E-state index contributed by atoms with van der Waals surface area (Å²) in [5, 5.41) is 11.5.